The van der Waals surface area contributed by atoms with Crippen molar-refractivity contribution in [2.45, 2.75) is 27.7 Å². The van der Waals surface area contributed by atoms with E-state index in [2.05, 4.69) is 165 Å². The maximum Gasteiger partial charge on any atom is 0.199 e. The molecule has 0 N–H and O–H groups in total. The number of benzene rings is 3. The van der Waals surface area contributed by atoms with E-state index in [0.29, 0.717) is 0 Å². The fourth-order valence-electron chi connectivity index (χ4n) is 5.08. The lowest BCUT2D eigenvalue weighted by atomic mass is 9.94. The van der Waals surface area contributed by atoms with Gasteiger partial charge in [-0.05, 0) is 85.4 Å². The molecule has 1 aliphatic carbocycles. The van der Waals surface area contributed by atoms with Gasteiger partial charge in [-0.1, -0.05) is 91.0 Å². The number of anilines is 1. The third-order valence-electron chi connectivity index (χ3n) is 7.31. The predicted octanol–water partition coefficient (Wildman–Crippen LogP) is 5.60. The van der Waals surface area contributed by atoms with Crippen LogP contribution >= 0.6 is 0 Å². The molecule has 0 saturated carbocycles. The molecule has 1 aliphatic rings. The SMILES string of the molecule is CCN(CC)c1ccc(C(=CC=CC(=C2C=CC(=[N+](CC)CC)C=C2)c2ccccc2)c2ccccc2)cc1.[I-]. The second-order valence-corrected chi connectivity index (χ2v) is 9.52. The lowest BCUT2D eigenvalue weighted by Crippen LogP contribution is -3.00. The molecule has 40 heavy (non-hydrogen) atoms. The Bertz CT molecular complexity index is 1380. The molecule has 0 amide bonds. The van der Waals surface area contributed by atoms with Gasteiger partial charge in [-0.2, -0.15) is 0 Å². The molecule has 3 aromatic carbocycles. The number of allylic oxidation sites excluding steroid dienone is 9. The summed E-state index contributed by atoms with van der Waals surface area (Å²) >= 11 is 0. The van der Waals surface area contributed by atoms with Gasteiger partial charge in [0.15, 0.2) is 5.71 Å². The lowest BCUT2D eigenvalue weighted by Gasteiger charge is -2.21. The summed E-state index contributed by atoms with van der Waals surface area (Å²) in [5, 5.41) is 0. The summed E-state index contributed by atoms with van der Waals surface area (Å²) in [7, 11) is 0. The minimum atomic E-state index is 0. The molecule has 0 bridgehead atoms. The molecule has 0 aromatic heterocycles. The Morgan fingerprint density at radius 1 is 0.650 bits per heavy atom. The lowest BCUT2D eigenvalue weighted by molar-refractivity contribution is -0.519. The van der Waals surface area contributed by atoms with E-state index in [1.54, 1.807) is 0 Å². The van der Waals surface area contributed by atoms with E-state index in [4.69, 9.17) is 0 Å². The van der Waals surface area contributed by atoms with Crippen molar-refractivity contribution in [3.05, 3.63) is 150 Å². The molecule has 0 fully saturated rings. The maximum atomic E-state index is 2.38. The van der Waals surface area contributed by atoms with Crippen molar-refractivity contribution in [2.24, 2.45) is 0 Å². The van der Waals surface area contributed by atoms with Crippen molar-refractivity contribution < 1.29 is 28.6 Å². The zero-order valence-electron chi connectivity index (χ0n) is 24.2. The summed E-state index contributed by atoms with van der Waals surface area (Å²) in [5.41, 5.74) is 9.80. The van der Waals surface area contributed by atoms with Crippen LogP contribution < -0.4 is 28.9 Å². The molecular formula is C37H41IN2. The van der Waals surface area contributed by atoms with E-state index in [-0.39, 0.29) is 24.0 Å². The Kier molecular flexibility index (Phi) is 12.4. The van der Waals surface area contributed by atoms with Crippen molar-refractivity contribution in [3.8, 4) is 0 Å². The van der Waals surface area contributed by atoms with E-state index in [0.717, 1.165) is 26.2 Å². The normalized spacial score (nSPS) is 12.9. The average molecular weight is 641 g/mol. The number of hydrogen-bond donors (Lipinski definition) is 0. The highest BCUT2D eigenvalue weighted by Crippen LogP contribution is 2.28. The zero-order valence-corrected chi connectivity index (χ0v) is 26.4. The second-order valence-electron chi connectivity index (χ2n) is 9.52. The van der Waals surface area contributed by atoms with Crippen LogP contribution in [0.3, 0.4) is 0 Å². The molecule has 3 aromatic rings. The van der Waals surface area contributed by atoms with Gasteiger partial charge in [0.2, 0.25) is 0 Å². The second kappa shape index (κ2) is 16.0. The van der Waals surface area contributed by atoms with Gasteiger partial charge in [-0.15, -0.1) is 0 Å². The van der Waals surface area contributed by atoms with Crippen LogP contribution in [0.5, 0.6) is 0 Å². The van der Waals surface area contributed by atoms with Crippen LogP contribution in [0.4, 0.5) is 5.69 Å². The maximum absolute atomic E-state index is 2.38. The van der Waals surface area contributed by atoms with E-state index in [1.807, 2.05) is 0 Å². The summed E-state index contributed by atoms with van der Waals surface area (Å²) in [4.78, 5) is 2.38. The van der Waals surface area contributed by atoms with Crippen molar-refractivity contribution >= 4 is 22.5 Å². The van der Waals surface area contributed by atoms with Gasteiger partial charge in [-0.25, -0.2) is 4.58 Å². The average Bonchev–Trinajstić information content (AvgIpc) is 3.00. The summed E-state index contributed by atoms with van der Waals surface area (Å²) in [5.74, 6) is 0. The van der Waals surface area contributed by atoms with Gasteiger partial charge in [0, 0.05) is 30.9 Å². The third kappa shape index (κ3) is 7.82. The fourth-order valence-corrected chi connectivity index (χ4v) is 5.08. The quantitative estimate of drug-likeness (QED) is 0.159. The molecule has 0 radical (unpaired) electrons. The number of halogens is 1. The Morgan fingerprint density at radius 2 is 1.18 bits per heavy atom. The molecular weight excluding hydrogens is 599 g/mol. The van der Waals surface area contributed by atoms with Gasteiger partial charge in [0.25, 0.3) is 0 Å². The Labute approximate surface area is 258 Å². The van der Waals surface area contributed by atoms with Crippen molar-refractivity contribution in [2.75, 3.05) is 31.1 Å². The van der Waals surface area contributed by atoms with E-state index in [1.165, 1.54) is 44.8 Å². The third-order valence-corrected chi connectivity index (χ3v) is 7.31. The van der Waals surface area contributed by atoms with Crippen LogP contribution in [0.1, 0.15) is 44.4 Å². The topological polar surface area (TPSA) is 6.25 Å². The highest BCUT2D eigenvalue weighted by atomic mass is 127. The Balaban J connectivity index is 0.00000441. The summed E-state index contributed by atoms with van der Waals surface area (Å²) < 4.78 is 2.38. The zero-order chi connectivity index (χ0) is 27.5. The van der Waals surface area contributed by atoms with E-state index >= 15 is 0 Å². The van der Waals surface area contributed by atoms with Gasteiger partial charge in [-0.3, -0.25) is 0 Å². The molecule has 0 heterocycles. The van der Waals surface area contributed by atoms with Crippen LogP contribution in [0, 0.1) is 0 Å². The van der Waals surface area contributed by atoms with E-state index < -0.39 is 0 Å². The molecule has 0 aliphatic heterocycles. The first-order chi connectivity index (χ1) is 19.2. The van der Waals surface area contributed by atoms with Crippen LogP contribution in [-0.2, 0) is 0 Å². The van der Waals surface area contributed by atoms with Crippen LogP contribution in [0.25, 0.3) is 11.1 Å². The van der Waals surface area contributed by atoms with Crippen molar-refractivity contribution in [3.63, 3.8) is 0 Å². The van der Waals surface area contributed by atoms with Crippen molar-refractivity contribution in [1.29, 1.82) is 0 Å². The van der Waals surface area contributed by atoms with Gasteiger partial charge < -0.3 is 28.9 Å². The minimum absolute atomic E-state index is 0. The van der Waals surface area contributed by atoms with Gasteiger partial charge >= 0.3 is 0 Å². The van der Waals surface area contributed by atoms with Crippen LogP contribution in [0.2, 0.25) is 0 Å². The smallest absolute Gasteiger partial charge is 0.199 e. The standard InChI is InChI=1S/C37H41N2.HI/c1-5-38(6-2)34-26-22-32(23-27-34)36(30-16-11-9-12-17-30)20-15-21-37(31-18-13-10-14-19-31)33-24-28-35(29-25-33)39(7-3)8-4;/h9-29H,5-8H2,1-4H3;1H/q+1;/p-1. The number of rotatable bonds is 10. The van der Waals surface area contributed by atoms with Crippen LogP contribution in [-0.4, -0.2) is 36.5 Å². The monoisotopic (exact) mass is 640 g/mol. The molecule has 206 valence electrons. The molecule has 3 heteroatoms. The molecule has 0 atom stereocenters. The first-order valence-corrected chi connectivity index (χ1v) is 14.2. The summed E-state index contributed by atoms with van der Waals surface area (Å²) in [6.45, 7) is 12.8. The summed E-state index contributed by atoms with van der Waals surface area (Å²) in [6.07, 6.45) is 15.6. The molecule has 4 rings (SSSR count). The Morgan fingerprint density at radius 3 is 1.70 bits per heavy atom. The first kappa shape index (κ1) is 31.1. The number of nitrogens with zero attached hydrogens (tertiary/aromatic N) is 2. The molecule has 2 nitrogen and oxygen atoms in total. The van der Waals surface area contributed by atoms with Crippen LogP contribution in [0.15, 0.2) is 133 Å². The predicted molar refractivity (Wildman–Crippen MR) is 171 cm³/mol. The number of hydrogen-bond acceptors (Lipinski definition) is 1. The molecule has 0 unspecified atom stereocenters. The first-order valence-electron chi connectivity index (χ1n) is 14.2. The van der Waals surface area contributed by atoms with Gasteiger partial charge in [0.1, 0.15) is 13.1 Å². The summed E-state index contributed by atoms with van der Waals surface area (Å²) in [6, 6.07) is 30.3. The highest BCUT2D eigenvalue weighted by Gasteiger charge is 2.11. The van der Waals surface area contributed by atoms with Gasteiger partial charge in [0.05, 0.1) is 0 Å². The van der Waals surface area contributed by atoms with E-state index in [9.17, 15) is 0 Å². The highest BCUT2D eigenvalue weighted by molar-refractivity contribution is 6.03. The van der Waals surface area contributed by atoms with Crippen molar-refractivity contribution in [1.82, 2.24) is 0 Å². The fraction of sp³-hybridized carbons (Fsp3) is 0.216. The molecule has 0 saturated heterocycles. The molecule has 0 spiro atoms. The largest absolute Gasteiger partial charge is 1.00 e. The minimum Gasteiger partial charge on any atom is -1.00 e. The Hall–Kier alpha value is -3.44.